The predicted octanol–water partition coefficient (Wildman–Crippen LogP) is 3.59. The van der Waals surface area contributed by atoms with Crippen molar-refractivity contribution in [3.8, 4) is 5.88 Å². The van der Waals surface area contributed by atoms with E-state index in [2.05, 4.69) is 38.0 Å². The average Bonchev–Trinajstić information content (AvgIpc) is 3.31. The third kappa shape index (κ3) is 3.12. The van der Waals surface area contributed by atoms with Gasteiger partial charge in [-0.2, -0.15) is 4.98 Å². The van der Waals surface area contributed by atoms with E-state index in [1.807, 2.05) is 30.5 Å². The maximum absolute atomic E-state index is 13.3. The summed E-state index contributed by atoms with van der Waals surface area (Å²) in [5, 5.41) is 1.21. The van der Waals surface area contributed by atoms with Gasteiger partial charge in [0.25, 0.3) is 0 Å². The second-order valence-electron chi connectivity index (χ2n) is 8.14. The van der Waals surface area contributed by atoms with Crippen LogP contribution in [0.5, 0.6) is 5.88 Å². The standard InChI is InChI=1S/C23H26N4O2/c1-29-21-8-4-7-20(25-21)26-12-9-23(10-13-26)11-14-27(22(23)28)16-17-15-24-19-6-3-2-5-18(17)19/h2-8,15,24H,9-14,16H2,1H3. The van der Waals surface area contributed by atoms with Gasteiger partial charge < -0.3 is 19.5 Å². The smallest absolute Gasteiger partial charge is 0.229 e. The average molecular weight is 390 g/mol. The normalized spacial score (nSPS) is 18.7. The van der Waals surface area contributed by atoms with E-state index in [4.69, 9.17) is 4.74 Å². The lowest BCUT2D eigenvalue weighted by Gasteiger charge is -2.38. The molecule has 2 aliphatic rings. The highest BCUT2D eigenvalue weighted by molar-refractivity contribution is 5.87. The van der Waals surface area contributed by atoms with Crippen LogP contribution in [0.15, 0.2) is 48.7 Å². The van der Waals surface area contributed by atoms with Crippen LogP contribution in [0.25, 0.3) is 10.9 Å². The van der Waals surface area contributed by atoms with Crippen molar-refractivity contribution in [2.24, 2.45) is 5.41 Å². The summed E-state index contributed by atoms with van der Waals surface area (Å²) in [7, 11) is 1.64. The molecule has 2 saturated heterocycles. The lowest BCUT2D eigenvalue weighted by molar-refractivity contribution is -0.137. The van der Waals surface area contributed by atoms with Crippen LogP contribution < -0.4 is 9.64 Å². The van der Waals surface area contributed by atoms with Crippen LogP contribution in [0.2, 0.25) is 0 Å². The van der Waals surface area contributed by atoms with E-state index in [0.717, 1.165) is 50.2 Å². The third-order valence-corrected chi connectivity index (χ3v) is 6.60. The number of likely N-dealkylation sites (tertiary alicyclic amines) is 1. The molecule has 6 heteroatoms. The van der Waals surface area contributed by atoms with Gasteiger partial charge in [-0.1, -0.05) is 24.3 Å². The Morgan fingerprint density at radius 2 is 1.86 bits per heavy atom. The summed E-state index contributed by atoms with van der Waals surface area (Å²) in [4.78, 5) is 25.5. The van der Waals surface area contributed by atoms with Crippen molar-refractivity contribution in [1.82, 2.24) is 14.9 Å². The number of hydrogen-bond donors (Lipinski definition) is 1. The molecular weight excluding hydrogens is 364 g/mol. The van der Waals surface area contributed by atoms with Crippen molar-refractivity contribution >= 4 is 22.6 Å². The summed E-state index contributed by atoms with van der Waals surface area (Å²) in [5.74, 6) is 1.88. The second kappa shape index (κ2) is 7.10. The van der Waals surface area contributed by atoms with Gasteiger partial charge in [-0.15, -0.1) is 0 Å². The molecule has 1 aromatic carbocycles. The molecule has 5 rings (SSSR count). The molecule has 0 aliphatic carbocycles. The number of aromatic nitrogens is 2. The zero-order chi connectivity index (χ0) is 19.8. The van der Waals surface area contributed by atoms with Crippen molar-refractivity contribution in [2.75, 3.05) is 31.6 Å². The number of anilines is 1. The molecule has 0 bridgehead atoms. The van der Waals surface area contributed by atoms with Crippen LogP contribution in [0.1, 0.15) is 24.8 Å². The van der Waals surface area contributed by atoms with E-state index in [-0.39, 0.29) is 5.41 Å². The van der Waals surface area contributed by atoms with Gasteiger partial charge in [0, 0.05) is 49.3 Å². The summed E-state index contributed by atoms with van der Waals surface area (Å²) in [6.07, 6.45) is 4.76. The highest BCUT2D eigenvalue weighted by Crippen LogP contribution is 2.43. The second-order valence-corrected chi connectivity index (χ2v) is 8.14. The van der Waals surface area contributed by atoms with Gasteiger partial charge in [0.2, 0.25) is 11.8 Å². The largest absolute Gasteiger partial charge is 0.481 e. The van der Waals surface area contributed by atoms with Crippen LogP contribution in [-0.2, 0) is 11.3 Å². The number of ether oxygens (including phenoxy) is 1. The van der Waals surface area contributed by atoms with E-state index in [1.54, 1.807) is 7.11 Å². The number of carbonyl (C=O) groups is 1. The van der Waals surface area contributed by atoms with Crippen LogP contribution in [0, 0.1) is 5.41 Å². The summed E-state index contributed by atoms with van der Waals surface area (Å²) < 4.78 is 5.25. The number of nitrogens with one attached hydrogen (secondary N) is 1. The number of hydrogen-bond acceptors (Lipinski definition) is 4. The molecule has 150 valence electrons. The highest BCUT2D eigenvalue weighted by Gasteiger charge is 2.48. The van der Waals surface area contributed by atoms with Crippen LogP contribution in [0.4, 0.5) is 5.82 Å². The molecule has 1 spiro atoms. The minimum Gasteiger partial charge on any atom is -0.481 e. The molecule has 0 radical (unpaired) electrons. The topological polar surface area (TPSA) is 61.5 Å². The number of fused-ring (bicyclic) bond motifs is 1. The number of aromatic amines is 1. The molecule has 29 heavy (non-hydrogen) atoms. The fourth-order valence-corrected chi connectivity index (χ4v) is 4.83. The number of para-hydroxylation sites is 1. The number of rotatable bonds is 4. The number of nitrogens with zero attached hydrogens (tertiary/aromatic N) is 3. The first-order chi connectivity index (χ1) is 14.2. The lowest BCUT2D eigenvalue weighted by atomic mass is 9.77. The number of pyridine rings is 1. The van der Waals surface area contributed by atoms with Gasteiger partial charge in [0.05, 0.1) is 12.5 Å². The Kier molecular flexibility index (Phi) is 4.42. The quantitative estimate of drug-likeness (QED) is 0.740. The van der Waals surface area contributed by atoms with Crippen LogP contribution >= 0.6 is 0 Å². The maximum Gasteiger partial charge on any atom is 0.229 e. The van der Waals surface area contributed by atoms with Crippen molar-refractivity contribution in [3.63, 3.8) is 0 Å². The van der Waals surface area contributed by atoms with E-state index >= 15 is 0 Å². The first-order valence-electron chi connectivity index (χ1n) is 10.3. The SMILES string of the molecule is COc1cccc(N2CCC3(CCN(Cc4c[nH]c5ccccc45)C3=O)CC2)n1. The van der Waals surface area contributed by atoms with Gasteiger partial charge in [-0.05, 0) is 37.0 Å². The number of H-pyrrole nitrogens is 1. The number of benzene rings is 1. The Balaban J connectivity index is 1.27. The molecule has 6 nitrogen and oxygen atoms in total. The maximum atomic E-state index is 13.3. The summed E-state index contributed by atoms with van der Waals surface area (Å²) in [5.41, 5.74) is 2.12. The predicted molar refractivity (Wildman–Crippen MR) is 113 cm³/mol. The number of amides is 1. The third-order valence-electron chi connectivity index (χ3n) is 6.60. The number of carbonyl (C=O) groups excluding carboxylic acids is 1. The molecule has 0 saturated carbocycles. The fourth-order valence-electron chi connectivity index (χ4n) is 4.83. The van der Waals surface area contributed by atoms with Crippen molar-refractivity contribution in [3.05, 3.63) is 54.2 Å². The Morgan fingerprint density at radius 3 is 2.69 bits per heavy atom. The highest BCUT2D eigenvalue weighted by atomic mass is 16.5. The molecule has 4 heterocycles. The Morgan fingerprint density at radius 1 is 1.07 bits per heavy atom. The minimum atomic E-state index is -0.207. The summed E-state index contributed by atoms with van der Waals surface area (Å²) >= 11 is 0. The van der Waals surface area contributed by atoms with Crippen molar-refractivity contribution in [2.45, 2.75) is 25.8 Å². The van der Waals surface area contributed by atoms with Crippen LogP contribution in [-0.4, -0.2) is 47.5 Å². The molecule has 0 atom stereocenters. The molecule has 0 unspecified atom stereocenters. The Hall–Kier alpha value is -3.02. The molecule has 2 fully saturated rings. The first-order valence-corrected chi connectivity index (χ1v) is 10.3. The van der Waals surface area contributed by atoms with Crippen molar-refractivity contribution in [1.29, 1.82) is 0 Å². The summed E-state index contributed by atoms with van der Waals surface area (Å²) in [6.45, 7) is 3.24. The van der Waals surface area contributed by atoms with E-state index in [9.17, 15) is 4.79 Å². The number of methoxy groups -OCH3 is 1. The van der Waals surface area contributed by atoms with E-state index in [0.29, 0.717) is 18.3 Å². The lowest BCUT2D eigenvalue weighted by Crippen LogP contribution is -2.44. The van der Waals surface area contributed by atoms with E-state index < -0.39 is 0 Å². The van der Waals surface area contributed by atoms with Gasteiger partial charge >= 0.3 is 0 Å². The molecule has 1 N–H and O–H groups in total. The summed E-state index contributed by atoms with van der Waals surface area (Å²) in [6, 6.07) is 14.1. The molecule has 1 amide bonds. The van der Waals surface area contributed by atoms with E-state index in [1.165, 1.54) is 10.9 Å². The Bertz CT molecular complexity index is 1040. The van der Waals surface area contributed by atoms with Crippen LogP contribution in [0.3, 0.4) is 0 Å². The Labute approximate surface area is 170 Å². The molecule has 2 aromatic heterocycles. The van der Waals surface area contributed by atoms with Crippen molar-refractivity contribution < 1.29 is 9.53 Å². The number of piperidine rings is 1. The first kappa shape index (κ1) is 18.0. The van der Waals surface area contributed by atoms with Gasteiger partial charge in [-0.25, -0.2) is 0 Å². The molecule has 2 aliphatic heterocycles. The molecular formula is C23H26N4O2. The van der Waals surface area contributed by atoms with Gasteiger partial charge in [0.15, 0.2) is 0 Å². The fraction of sp³-hybridized carbons (Fsp3) is 0.391. The van der Waals surface area contributed by atoms with Gasteiger partial charge in [-0.3, -0.25) is 4.79 Å². The zero-order valence-corrected chi connectivity index (χ0v) is 16.7. The molecule has 3 aromatic rings. The monoisotopic (exact) mass is 390 g/mol. The van der Waals surface area contributed by atoms with Gasteiger partial charge in [0.1, 0.15) is 5.82 Å². The minimum absolute atomic E-state index is 0.207. The zero-order valence-electron chi connectivity index (χ0n) is 16.7.